The van der Waals surface area contributed by atoms with E-state index in [0.29, 0.717) is 0 Å². The second kappa shape index (κ2) is 5.14. The highest BCUT2D eigenvalue weighted by Gasteiger charge is 2.17. The van der Waals surface area contributed by atoms with E-state index in [1.807, 2.05) is 29.6 Å². The number of thiophene rings is 2. The van der Waals surface area contributed by atoms with Crippen LogP contribution in [0.5, 0.6) is 0 Å². The van der Waals surface area contributed by atoms with E-state index in [1.54, 1.807) is 6.26 Å². The van der Waals surface area contributed by atoms with Gasteiger partial charge in [-0.25, -0.2) is 0 Å². The number of hydrogen-bond acceptors (Lipinski definition) is 4. The van der Waals surface area contributed by atoms with Crippen LogP contribution in [0.1, 0.15) is 26.6 Å². The number of hydrogen-bond donors (Lipinski definition) is 0. The SMILES string of the molecule is Cc1ccc(-c2ccc(Cc3oc4c(C)coc4c3C)s2)s1. The number of furan rings is 2. The standard InChI is InChI=1S/C18H16O2S2/c1-10-9-19-18-12(3)14(20-17(10)18)8-13-5-7-16(22-13)15-6-4-11(2)21-15/h4-7,9H,8H2,1-3H3. The van der Waals surface area contributed by atoms with E-state index in [1.165, 1.54) is 19.5 Å². The van der Waals surface area contributed by atoms with Gasteiger partial charge in [-0.2, -0.15) is 0 Å². The predicted octanol–water partition coefficient (Wildman–Crippen LogP) is 6.33. The second-order valence-corrected chi connectivity index (χ2v) is 8.04. The molecule has 0 fully saturated rings. The summed E-state index contributed by atoms with van der Waals surface area (Å²) in [6.45, 7) is 6.23. The molecule has 0 aliphatic heterocycles. The number of aryl methyl sites for hydroxylation is 3. The van der Waals surface area contributed by atoms with Crippen molar-refractivity contribution in [2.75, 3.05) is 0 Å². The first-order valence-electron chi connectivity index (χ1n) is 7.23. The van der Waals surface area contributed by atoms with Gasteiger partial charge in [-0.05, 0) is 45.0 Å². The van der Waals surface area contributed by atoms with Crippen molar-refractivity contribution in [3.05, 3.63) is 57.2 Å². The highest BCUT2D eigenvalue weighted by atomic mass is 32.1. The molecule has 22 heavy (non-hydrogen) atoms. The van der Waals surface area contributed by atoms with Crippen molar-refractivity contribution in [3.63, 3.8) is 0 Å². The van der Waals surface area contributed by atoms with Crippen LogP contribution in [-0.4, -0.2) is 0 Å². The fourth-order valence-electron chi connectivity index (χ4n) is 2.64. The van der Waals surface area contributed by atoms with Crippen LogP contribution < -0.4 is 0 Å². The molecule has 0 N–H and O–H groups in total. The molecule has 4 aromatic rings. The number of rotatable bonds is 3. The molecule has 2 nitrogen and oxygen atoms in total. The predicted molar refractivity (Wildman–Crippen MR) is 93.1 cm³/mol. The fourth-order valence-corrected chi connectivity index (χ4v) is 4.61. The Morgan fingerprint density at radius 3 is 2.41 bits per heavy atom. The van der Waals surface area contributed by atoms with Gasteiger partial charge in [-0.3, -0.25) is 0 Å². The summed E-state index contributed by atoms with van der Waals surface area (Å²) >= 11 is 3.68. The Labute approximate surface area is 137 Å². The van der Waals surface area contributed by atoms with Gasteiger partial charge >= 0.3 is 0 Å². The molecule has 4 heterocycles. The lowest BCUT2D eigenvalue weighted by atomic mass is 10.2. The molecular formula is C18H16O2S2. The summed E-state index contributed by atoms with van der Waals surface area (Å²) in [5, 5.41) is 0. The molecule has 0 saturated heterocycles. The second-order valence-electron chi connectivity index (χ2n) is 5.58. The van der Waals surface area contributed by atoms with E-state index < -0.39 is 0 Å². The first-order valence-corrected chi connectivity index (χ1v) is 8.86. The smallest absolute Gasteiger partial charge is 0.175 e. The van der Waals surface area contributed by atoms with Crippen LogP contribution >= 0.6 is 22.7 Å². The summed E-state index contributed by atoms with van der Waals surface area (Å²) in [6.07, 6.45) is 2.58. The van der Waals surface area contributed by atoms with Crippen LogP contribution in [0.2, 0.25) is 0 Å². The molecule has 4 rings (SSSR count). The Bertz CT molecular complexity index is 949. The van der Waals surface area contributed by atoms with Gasteiger partial charge < -0.3 is 8.83 Å². The molecule has 0 saturated carbocycles. The lowest BCUT2D eigenvalue weighted by Crippen LogP contribution is -1.83. The summed E-state index contributed by atoms with van der Waals surface area (Å²) in [5.74, 6) is 1.01. The largest absolute Gasteiger partial charge is 0.460 e. The van der Waals surface area contributed by atoms with Gasteiger partial charge in [-0.15, -0.1) is 22.7 Å². The maximum Gasteiger partial charge on any atom is 0.175 e. The molecule has 0 bridgehead atoms. The molecule has 0 unspecified atom stereocenters. The molecule has 0 radical (unpaired) electrons. The molecule has 4 heteroatoms. The Morgan fingerprint density at radius 1 is 0.909 bits per heavy atom. The molecule has 0 aliphatic carbocycles. The summed E-state index contributed by atoms with van der Waals surface area (Å²) in [4.78, 5) is 5.34. The van der Waals surface area contributed by atoms with E-state index in [-0.39, 0.29) is 0 Å². The van der Waals surface area contributed by atoms with Gasteiger partial charge in [0.1, 0.15) is 5.76 Å². The summed E-state index contributed by atoms with van der Waals surface area (Å²) in [7, 11) is 0. The van der Waals surface area contributed by atoms with Gasteiger partial charge in [-0.1, -0.05) is 0 Å². The van der Waals surface area contributed by atoms with Crippen molar-refractivity contribution < 1.29 is 8.83 Å². The lowest BCUT2D eigenvalue weighted by molar-refractivity contribution is 0.559. The van der Waals surface area contributed by atoms with E-state index in [4.69, 9.17) is 8.83 Å². The zero-order valence-corrected chi connectivity index (χ0v) is 14.4. The third-order valence-corrected chi connectivity index (χ3v) is 6.16. The minimum Gasteiger partial charge on any atom is -0.460 e. The Kier molecular flexibility index (Phi) is 3.24. The zero-order chi connectivity index (χ0) is 15.3. The van der Waals surface area contributed by atoms with Crippen molar-refractivity contribution in [2.24, 2.45) is 0 Å². The van der Waals surface area contributed by atoms with Crippen molar-refractivity contribution in [2.45, 2.75) is 27.2 Å². The van der Waals surface area contributed by atoms with Crippen LogP contribution in [0.4, 0.5) is 0 Å². The van der Waals surface area contributed by atoms with Gasteiger partial charge in [0.15, 0.2) is 11.2 Å². The summed E-state index contributed by atoms with van der Waals surface area (Å²) in [6, 6.07) is 8.78. The topological polar surface area (TPSA) is 26.3 Å². The highest BCUT2D eigenvalue weighted by Crippen LogP contribution is 2.36. The molecule has 112 valence electrons. The molecule has 0 spiro atoms. The monoisotopic (exact) mass is 328 g/mol. The molecule has 4 aromatic heterocycles. The molecule has 0 aliphatic rings. The van der Waals surface area contributed by atoms with Crippen LogP contribution in [-0.2, 0) is 6.42 Å². The van der Waals surface area contributed by atoms with Crippen molar-refractivity contribution in [1.29, 1.82) is 0 Å². The van der Waals surface area contributed by atoms with Crippen molar-refractivity contribution in [1.82, 2.24) is 0 Å². The summed E-state index contributed by atoms with van der Waals surface area (Å²) in [5.41, 5.74) is 3.95. The third-order valence-electron chi connectivity index (χ3n) is 3.88. The van der Waals surface area contributed by atoms with Crippen LogP contribution in [0.3, 0.4) is 0 Å². The van der Waals surface area contributed by atoms with Crippen molar-refractivity contribution in [3.8, 4) is 9.75 Å². The number of fused-ring (bicyclic) bond motifs is 1. The van der Waals surface area contributed by atoms with E-state index in [0.717, 1.165) is 34.5 Å². The van der Waals surface area contributed by atoms with E-state index in [9.17, 15) is 0 Å². The maximum atomic E-state index is 6.01. The normalized spacial score (nSPS) is 11.6. The minimum atomic E-state index is 0.824. The first-order chi connectivity index (χ1) is 10.6. The molecule has 0 aromatic carbocycles. The minimum absolute atomic E-state index is 0.824. The van der Waals surface area contributed by atoms with Gasteiger partial charge in [0, 0.05) is 37.1 Å². The third kappa shape index (κ3) is 2.23. The Balaban J connectivity index is 1.65. The quantitative estimate of drug-likeness (QED) is 0.439. The average molecular weight is 328 g/mol. The maximum absolute atomic E-state index is 6.01. The molecule has 0 atom stereocenters. The van der Waals surface area contributed by atoms with Crippen LogP contribution in [0, 0.1) is 20.8 Å². The van der Waals surface area contributed by atoms with Crippen LogP contribution in [0.15, 0.2) is 39.4 Å². The van der Waals surface area contributed by atoms with Gasteiger partial charge in [0.2, 0.25) is 0 Å². The van der Waals surface area contributed by atoms with E-state index >= 15 is 0 Å². The highest BCUT2D eigenvalue weighted by molar-refractivity contribution is 7.22. The molecule has 0 amide bonds. The molecular weight excluding hydrogens is 312 g/mol. The Morgan fingerprint density at radius 2 is 1.68 bits per heavy atom. The average Bonchev–Trinajstić information content (AvgIpc) is 3.23. The van der Waals surface area contributed by atoms with E-state index in [2.05, 4.69) is 38.1 Å². The lowest BCUT2D eigenvalue weighted by Gasteiger charge is -1.96. The van der Waals surface area contributed by atoms with Crippen molar-refractivity contribution >= 4 is 33.8 Å². The van der Waals surface area contributed by atoms with Gasteiger partial charge in [0.05, 0.1) is 6.26 Å². The zero-order valence-electron chi connectivity index (χ0n) is 12.7. The Hall–Kier alpha value is -1.78. The first kappa shape index (κ1) is 13.9. The van der Waals surface area contributed by atoms with Crippen LogP contribution in [0.25, 0.3) is 20.9 Å². The fraction of sp³-hybridized carbons (Fsp3) is 0.222. The summed E-state index contributed by atoms with van der Waals surface area (Å²) < 4.78 is 11.6. The van der Waals surface area contributed by atoms with Gasteiger partial charge in [0.25, 0.3) is 0 Å².